The summed E-state index contributed by atoms with van der Waals surface area (Å²) in [6.45, 7) is 5.77. The lowest BCUT2D eigenvalue weighted by molar-refractivity contribution is 0.131. The summed E-state index contributed by atoms with van der Waals surface area (Å²) in [6, 6.07) is 5.01. The Morgan fingerprint density at radius 3 is 2.47 bits per heavy atom. The van der Waals surface area contributed by atoms with Gasteiger partial charge in [0.15, 0.2) is 0 Å². The van der Waals surface area contributed by atoms with Gasteiger partial charge in [-0.15, -0.1) is 0 Å². The molecule has 0 saturated carbocycles. The lowest BCUT2D eigenvalue weighted by atomic mass is 10.2. The van der Waals surface area contributed by atoms with E-state index in [1.165, 1.54) is 0 Å². The Bertz CT molecular complexity index is 662. The van der Waals surface area contributed by atoms with Crippen molar-refractivity contribution in [2.24, 2.45) is 0 Å². The first kappa shape index (κ1) is 11.4. The van der Waals surface area contributed by atoms with Crippen molar-refractivity contribution in [1.82, 2.24) is 9.97 Å². The Morgan fingerprint density at radius 1 is 1.12 bits per heavy atom. The molecule has 0 aliphatic carbocycles. The summed E-state index contributed by atoms with van der Waals surface area (Å²) < 4.78 is 5.65. The normalized spacial score (nSPS) is 11.7. The van der Waals surface area contributed by atoms with Gasteiger partial charge in [0.25, 0.3) is 5.56 Å². The molecule has 2 rings (SSSR count). The molecule has 0 bridgehead atoms. The van der Waals surface area contributed by atoms with E-state index in [0.717, 1.165) is 0 Å². The predicted octanol–water partition coefficient (Wildman–Crippen LogP) is 1.39. The van der Waals surface area contributed by atoms with Crippen molar-refractivity contribution >= 4 is 10.9 Å². The smallest absolute Gasteiger partial charge is 0.326 e. The summed E-state index contributed by atoms with van der Waals surface area (Å²) in [6.07, 6.45) is 0. The fraction of sp³-hybridized carbons (Fsp3) is 0.333. The number of aromatic nitrogens is 2. The average Bonchev–Trinajstić information content (AvgIpc) is 2.16. The van der Waals surface area contributed by atoms with Crippen LogP contribution in [0.5, 0.6) is 5.75 Å². The van der Waals surface area contributed by atoms with Crippen LogP contribution in [-0.4, -0.2) is 15.6 Å². The molecule has 1 aromatic carbocycles. The van der Waals surface area contributed by atoms with Crippen molar-refractivity contribution in [2.75, 3.05) is 0 Å². The van der Waals surface area contributed by atoms with E-state index in [1.54, 1.807) is 18.2 Å². The van der Waals surface area contributed by atoms with Crippen molar-refractivity contribution in [3.05, 3.63) is 39.0 Å². The Labute approximate surface area is 97.4 Å². The standard InChI is InChI=1S/C12H14N2O3/c1-12(2,3)17-7-4-5-9-8(6-7)10(15)14-11(16)13-9/h4-6H,1-3H3,(H2,13,14,15,16). The molecule has 90 valence electrons. The second-order valence-corrected chi connectivity index (χ2v) is 4.83. The van der Waals surface area contributed by atoms with E-state index in [2.05, 4.69) is 9.97 Å². The van der Waals surface area contributed by atoms with Crippen LogP contribution in [-0.2, 0) is 0 Å². The molecular weight excluding hydrogens is 220 g/mol. The van der Waals surface area contributed by atoms with E-state index >= 15 is 0 Å². The fourth-order valence-electron chi connectivity index (χ4n) is 1.56. The zero-order valence-corrected chi connectivity index (χ0v) is 9.96. The molecule has 1 heterocycles. The van der Waals surface area contributed by atoms with Crippen LogP contribution in [0.2, 0.25) is 0 Å². The maximum absolute atomic E-state index is 11.6. The molecule has 1 aromatic heterocycles. The highest BCUT2D eigenvalue weighted by molar-refractivity contribution is 5.78. The van der Waals surface area contributed by atoms with Crippen molar-refractivity contribution in [3.8, 4) is 5.75 Å². The molecule has 0 unspecified atom stereocenters. The zero-order valence-electron chi connectivity index (χ0n) is 9.96. The van der Waals surface area contributed by atoms with Gasteiger partial charge in [-0.25, -0.2) is 4.79 Å². The highest BCUT2D eigenvalue weighted by Crippen LogP contribution is 2.20. The van der Waals surface area contributed by atoms with Gasteiger partial charge in [-0.05, 0) is 39.0 Å². The number of aromatic amines is 2. The number of hydrogen-bond donors (Lipinski definition) is 2. The monoisotopic (exact) mass is 234 g/mol. The van der Waals surface area contributed by atoms with Gasteiger partial charge in [-0.3, -0.25) is 9.78 Å². The van der Waals surface area contributed by atoms with Gasteiger partial charge in [0.2, 0.25) is 0 Å². The highest BCUT2D eigenvalue weighted by Gasteiger charge is 2.12. The molecule has 0 fully saturated rings. The van der Waals surface area contributed by atoms with Crippen LogP contribution in [0.1, 0.15) is 20.8 Å². The van der Waals surface area contributed by atoms with Crippen molar-refractivity contribution < 1.29 is 4.74 Å². The Balaban J connectivity index is 2.58. The van der Waals surface area contributed by atoms with Gasteiger partial charge in [0.1, 0.15) is 11.4 Å². The van der Waals surface area contributed by atoms with Gasteiger partial charge < -0.3 is 9.72 Å². The number of ether oxygens (including phenoxy) is 1. The van der Waals surface area contributed by atoms with E-state index in [0.29, 0.717) is 16.7 Å². The summed E-state index contributed by atoms with van der Waals surface area (Å²) in [4.78, 5) is 27.4. The summed E-state index contributed by atoms with van der Waals surface area (Å²) in [5.41, 5.74) is -0.752. The third-order valence-corrected chi connectivity index (χ3v) is 2.13. The topological polar surface area (TPSA) is 75.0 Å². The van der Waals surface area contributed by atoms with E-state index in [1.807, 2.05) is 20.8 Å². The van der Waals surface area contributed by atoms with Gasteiger partial charge in [0.05, 0.1) is 10.9 Å². The first-order chi connectivity index (χ1) is 7.85. The molecular formula is C12H14N2O3. The van der Waals surface area contributed by atoms with Gasteiger partial charge in [-0.2, -0.15) is 0 Å². The third kappa shape index (κ3) is 2.55. The predicted molar refractivity (Wildman–Crippen MR) is 65.6 cm³/mol. The van der Waals surface area contributed by atoms with Crippen LogP contribution in [0.15, 0.2) is 27.8 Å². The minimum atomic E-state index is -0.507. The second-order valence-electron chi connectivity index (χ2n) is 4.83. The third-order valence-electron chi connectivity index (χ3n) is 2.13. The number of benzene rings is 1. The van der Waals surface area contributed by atoms with E-state index in [9.17, 15) is 9.59 Å². The largest absolute Gasteiger partial charge is 0.488 e. The van der Waals surface area contributed by atoms with E-state index < -0.39 is 11.2 Å². The number of rotatable bonds is 1. The number of fused-ring (bicyclic) bond motifs is 1. The zero-order chi connectivity index (χ0) is 12.6. The maximum atomic E-state index is 11.6. The fourth-order valence-corrected chi connectivity index (χ4v) is 1.56. The Kier molecular flexibility index (Phi) is 2.53. The Hall–Kier alpha value is -2.04. The molecule has 0 atom stereocenters. The molecule has 5 heteroatoms. The molecule has 0 spiro atoms. The maximum Gasteiger partial charge on any atom is 0.326 e. The van der Waals surface area contributed by atoms with Crippen LogP contribution in [0.25, 0.3) is 10.9 Å². The lowest BCUT2D eigenvalue weighted by Gasteiger charge is -2.21. The molecule has 2 N–H and O–H groups in total. The van der Waals surface area contributed by atoms with Gasteiger partial charge in [-0.1, -0.05) is 0 Å². The van der Waals surface area contributed by atoms with Crippen LogP contribution in [0.4, 0.5) is 0 Å². The summed E-state index contributed by atoms with van der Waals surface area (Å²) in [5.74, 6) is 0.600. The molecule has 0 amide bonds. The Morgan fingerprint density at radius 2 is 1.82 bits per heavy atom. The molecule has 0 aliphatic rings. The second kappa shape index (κ2) is 3.76. The van der Waals surface area contributed by atoms with Crippen LogP contribution in [0.3, 0.4) is 0 Å². The van der Waals surface area contributed by atoms with Crippen LogP contribution >= 0.6 is 0 Å². The van der Waals surface area contributed by atoms with Crippen LogP contribution < -0.4 is 16.0 Å². The molecule has 0 saturated heterocycles. The summed E-state index contributed by atoms with van der Waals surface area (Å²) >= 11 is 0. The molecule has 0 aliphatic heterocycles. The van der Waals surface area contributed by atoms with E-state index in [-0.39, 0.29) is 5.60 Å². The summed E-state index contributed by atoms with van der Waals surface area (Å²) in [7, 11) is 0. The highest BCUT2D eigenvalue weighted by atomic mass is 16.5. The molecule has 2 aromatic rings. The minimum Gasteiger partial charge on any atom is -0.488 e. The average molecular weight is 234 g/mol. The van der Waals surface area contributed by atoms with Crippen molar-refractivity contribution in [1.29, 1.82) is 0 Å². The number of H-pyrrole nitrogens is 2. The van der Waals surface area contributed by atoms with Crippen molar-refractivity contribution in [2.45, 2.75) is 26.4 Å². The molecule has 5 nitrogen and oxygen atoms in total. The SMILES string of the molecule is CC(C)(C)Oc1ccc2[nH]c(=O)[nH]c(=O)c2c1. The lowest BCUT2D eigenvalue weighted by Crippen LogP contribution is -2.24. The molecule has 17 heavy (non-hydrogen) atoms. The van der Waals surface area contributed by atoms with Crippen LogP contribution in [0, 0.1) is 0 Å². The number of hydrogen-bond acceptors (Lipinski definition) is 3. The minimum absolute atomic E-state index is 0.331. The number of nitrogens with one attached hydrogen (secondary N) is 2. The first-order valence-corrected chi connectivity index (χ1v) is 5.30. The molecule has 0 radical (unpaired) electrons. The van der Waals surface area contributed by atoms with Gasteiger partial charge >= 0.3 is 5.69 Å². The van der Waals surface area contributed by atoms with E-state index in [4.69, 9.17) is 4.74 Å². The first-order valence-electron chi connectivity index (χ1n) is 5.30. The quantitative estimate of drug-likeness (QED) is 0.783. The van der Waals surface area contributed by atoms with Crippen molar-refractivity contribution in [3.63, 3.8) is 0 Å². The summed E-state index contributed by atoms with van der Waals surface area (Å²) in [5, 5.41) is 0.409. The van der Waals surface area contributed by atoms with Gasteiger partial charge in [0, 0.05) is 0 Å².